The third kappa shape index (κ3) is 3.98. The second-order valence-corrected chi connectivity index (χ2v) is 10.6. The van der Waals surface area contributed by atoms with Crippen molar-refractivity contribution >= 4 is 27.8 Å². The highest BCUT2D eigenvalue weighted by Crippen LogP contribution is 2.33. The lowest BCUT2D eigenvalue weighted by atomic mass is 10.0. The minimum Gasteiger partial charge on any atom is -0.342 e. The van der Waals surface area contributed by atoms with Crippen LogP contribution in [0.3, 0.4) is 0 Å². The number of amides is 1. The molecule has 4 heterocycles. The first kappa shape index (κ1) is 22.9. The van der Waals surface area contributed by atoms with E-state index in [1.807, 2.05) is 36.3 Å². The first-order valence-electron chi connectivity index (χ1n) is 13.3. The molecule has 194 valence electrons. The Morgan fingerprint density at radius 3 is 2.66 bits per heavy atom. The average molecular weight is 510 g/mol. The first-order chi connectivity index (χ1) is 18.5. The maximum atomic E-state index is 13.6. The van der Waals surface area contributed by atoms with E-state index >= 15 is 0 Å². The molecule has 1 amide bonds. The van der Waals surface area contributed by atoms with Gasteiger partial charge in [0.1, 0.15) is 11.2 Å². The van der Waals surface area contributed by atoms with Gasteiger partial charge in [0, 0.05) is 45.0 Å². The van der Waals surface area contributed by atoms with Gasteiger partial charge >= 0.3 is 0 Å². The first-order valence-corrected chi connectivity index (χ1v) is 13.3. The molecule has 1 saturated carbocycles. The molecule has 2 aromatic carbocycles. The van der Waals surface area contributed by atoms with Crippen LogP contribution in [0.1, 0.15) is 27.1 Å². The number of carbonyl (C=O) groups is 1. The summed E-state index contributed by atoms with van der Waals surface area (Å²) in [5.41, 5.74) is 4.58. The standard InChI is InChI=1S/C29H29N7O2.H2/c1-34-27-24(16-31-34)29(38)36(13-11-18-10-12-35(17-18)28(37)21-6-7-21)26(32-27)20-4-2-19(3-5-20)22-8-9-25-23(14-22)15-30-33-25;/h2-5,8-9,14-16,18,21H,6-7,10-13,17H2,1H3,(H,30,33);1H/t18-;/m0./s1. The van der Waals surface area contributed by atoms with Gasteiger partial charge in [-0.1, -0.05) is 30.3 Å². The van der Waals surface area contributed by atoms with Crippen molar-refractivity contribution in [1.82, 2.24) is 34.4 Å². The number of aryl methyl sites for hydroxylation is 1. The molecule has 1 aliphatic heterocycles. The largest absolute Gasteiger partial charge is 0.342 e. The number of fused-ring (bicyclic) bond motifs is 2. The van der Waals surface area contributed by atoms with E-state index in [4.69, 9.17) is 4.98 Å². The highest BCUT2D eigenvalue weighted by Gasteiger charge is 2.36. The molecule has 9 heteroatoms. The number of aromatic nitrogens is 6. The van der Waals surface area contributed by atoms with Crippen LogP contribution in [0.25, 0.3) is 44.5 Å². The zero-order valence-electron chi connectivity index (χ0n) is 21.3. The van der Waals surface area contributed by atoms with E-state index in [0.29, 0.717) is 35.2 Å². The molecule has 9 nitrogen and oxygen atoms in total. The van der Waals surface area contributed by atoms with Crippen LogP contribution in [0, 0.1) is 11.8 Å². The molecule has 0 spiro atoms. The third-order valence-electron chi connectivity index (χ3n) is 8.05. The second kappa shape index (κ2) is 8.93. The zero-order chi connectivity index (χ0) is 25.8. The van der Waals surface area contributed by atoms with Gasteiger partial charge in [0.2, 0.25) is 5.91 Å². The fourth-order valence-corrected chi connectivity index (χ4v) is 5.65. The number of rotatable bonds is 6. The summed E-state index contributed by atoms with van der Waals surface area (Å²) < 4.78 is 3.44. The van der Waals surface area contributed by atoms with Crippen molar-refractivity contribution in [3.05, 3.63) is 65.2 Å². The van der Waals surface area contributed by atoms with Crippen LogP contribution in [0.15, 0.2) is 59.7 Å². The van der Waals surface area contributed by atoms with Gasteiger partial charge in [0.05, 0.1) is 17.9 Å². The Balaban J connectivity index is 0.00000277. The van der Waals surface area contributed by atoms with Gasteiger partial charge < -0.3 is 4.90 Å². The maximum absolute atomic E-state index is 13.6. The van der Waals surface area contributed by atoms with Crippen molar-refractivity contribution in [1.29, 1.82) is 0 Å². The lowest BCUT2D eigenvalue weighted by molar-refractivity contribution is -0.131. The fourth-order valence-electron chi connectivity index (χ4n) is 5.65. The van der Waals surface area contributed by atoms with Gasteiger partial charge in [-0.15, -0.1) is 0 Å². The van der Waals surface area contributed by atoms with Crippen molar-refractivity contribution in [2.45, 2.75) is 32.2 Å². The Morgan fingerprint density at radius 1 is 1.05 bits per heavy atom. The van der Waals surface area contributed by atoms with Crippen LogP contribution in [-0.2, 0) is 18.4 Å². The second-order valence-electron chi connectivity index (χ2n) is 10.6. The molecule has 0 bridgehead atoms. The summed E-state index contributed by atoms with van der Waals surface area (Å²) in [6, 6.07) is 14.4. The average Bonchev–Trinajstić information content (AvgIpc) is 3.31. The molecule has 1 saturated heterocycles. The van der Waals surface area contributed by atoms with Crippen molar-refractivity contribution in [3.8, 4) is 22.5 Å². The quantitative estimate of drug-likeness (QED) is 0.369. The Hall–Kier alpha value is -4.27. The summed E-state index contributed by atoms with van der Waals surface area (Å²) in [7, 11) is 1.81. The molecule has 3 aromatic heterocycles. The molecule has 2 fully saturated rings. The van der Waals surface area contributed by atoms with E-state index in [1.54, 1.807) is 15.4 Å². The van der Waals surface area contributed by atoms with E-state index in [-0.39, 0.29) is 12.9 Å². The lowest BCUT2D eigenvalue weighted by Gasteiger charge is -2.17. The number of H-pyrrole nitrogens is 1. The van der Waals surface area contributed by atoms with Gasteiger partial charge in [-0.25, -0.2) is 4.98 Å². The van der Waals surface area contributed by atoms with Crippen molar-refractivity contribution in [2.75, 3.05) is 13.1 Å². The zero-order valence-corrected chi connectivity index (χ0v) is 21.3. The number of likely N-dealkylation sites (tertiary alicyclic amines) is 1. The maximum Gasteiger partial charge on any atom is 0.264 e. The number of hydrogen-bond acceptors (Lipinski definition) is 5. The number of benzene rings is 2. The van der Waals surface area contributed by atoms with Crippen LogP contribution in [0.5, 0.6) is 0 Å². The molecule has 5 aromatic rings. The number of nitrogens with one attached hydrogen (secondary N) is 1. The molecule has 1 atom stereocenters. The summed E-state index contributed by atoms with van der Waals surface area (Å²) in [5, 5.41) is 13.0. The third-order valence-corrected chi connectivity index (χ3v) is 8.05. The van der Waals surface area contributed by atoms with E-state index < -0.39 is 0 Å². The van der Waals surface area contributed by atoms with Crippen molar-refractivity contribution in [3.63, 3.8) is 0 Å². The summed E-state index contributed by atoms with van der Waals surface area (Å²) in [6.45, 7) is 2.17. The molecular weight excluding hydrogens is 478 g/mol. The smallest absolute Gasteiger partial charge is 0.264 e. The van der Waals surface area contributed by atoms with Crippen molar-refractivity contribution in [2.24, 2.45) is 18.9 Å². The molecule has 1 aliphatic carbocycles. The summed E-state index contributed by atoms with van der Waals surface area (Å²) >= 11 is 0. The summed E-state index contributed by atoms with van der Waals surface area (Å²) in [4.78, 5) is 33.0. The van der Waals surface area contributed by atoms with Gasteiger partial charge in [0.25, 0.3) is 5.56 Å². The predicted octanol–water partition coefficient (Wildman–Crippen LogP) is 4.23. The summed E-state index contributed by atoms with van der Waals surface area (Å²) in [6.07, 6.45) is 7.31. The SMILES string of the molecule is Cn1ncc2c(=O)n(CC[C@@H]3CCN(C(=O)C4CC4)C3)c(-c3ccc(-c4ccc5[nH]ncc5c4)cc3)nc21.[HH]. The Bertz CT molecular complexity index is 1730. The molecular formula is C29H31N7O2. The molecule has 0 radical (unpaired) electrons. The molecule has 2 aliphatic rings. The van der Waals surface area contributed by atoms with Crippen LogP contribution in [-0.4, -0.2) is 53.4 Å². The Kier molecular flexibility index (Phi) is 5.38. The Labute approximate surface area is 220 Å². The highest BCUT2D eigenvalue weighted by atomic mass is 16.2. The van der Waals surface area contributed by atoms with Crippen LogP contribution in [0.2, 0.25) is 0 Å². The van der Waals surface area contributed by atoms with Gasteiger partial charge in [0.15, 0.2) is 5.65 Å². The van der Waals surface area contributed by atoms with Gasteiger partial charge in [-0.05, 0) is 54.9 Å². The Morgan fingerprint density at radius 2 is 1.84 bits per heavy atom. The molecule has 38 heavy (non-hydrogen) atoms. The number of aromatic amines is 1. The van der Waals surface area contributed by atoms with E-state index in [1.165, 1.54) is 0 Å². The van der Waals surface area contributed by atoms with E-state index in [2.05, 4.69) is 39.6 Å². The number of hydrogen-bond donors (Lipinski definition) is 1. The molecule has 1 N–H and O–H groups in total. The van der Waals surface area contributed by atoms with E-state index in [9.17, 15) is 9.59 Å². The van der Waals surface area contributed by atoms with Crippen molar-refractivity contribution < 1.29 is 6.22 Å². The topological polar surface area (TPSA) is 102 Å². The highest BCUT2D eigenvalue weighted by molar-refractivity contribution is 5.84. The molecule has 7 rings (SSSR count). The molecule has 0 unspecified atom stereocenters. The minimum absolute atomic E-state index is 0. The number of nitrogens with zero attached hydrogens (tertiary/aromatic N) is 6. The summed E-state index contributed by atoms with van der Waals surface area (Å²) in [5.74, 6) is 1.61. The van der Waals surface area contributed by atoms with Crippen LogP contribution >= 0.6 is 0 Å². The van der Waals surface area contributed by atoms with E-state index in [0.717, 1.165) is 66.4 Å². The van der Waals surface area contributed by atoms with Gasteiger partial charge in [-0.3, -0.25) is 23.9 Å². The fraction of sp³-hybridized carbons (Fsp3) is 0.345. The van der Waals surface area contributed by atoms with Crippen LogP contribution < -0.4 is 5.56 Å². The van der Waals surface area contributed by atoms with Crippen LogP contribution in [0.4, 0.5) is 0 Å². The van der Waals surface area contributed by atoms with Gasteiger partial charge in [-0.2, -0.15) is 10.2 Å². The normalized spacial score (nSPS) is 17.6. The number of carbonyl (C=O) groups excluding carboxylic acids is 1. The monoisotopic (exact) mass is 509 g/mol. The minimum atomic E-state index is -0.0727. The predicted molar refractivity (Wildman–Crippen MR) is 147 cm³/mol. The lowest BCUT2D eigenvalue weighted by Crippen LogP contribution is -2.30.